The van der Waals surface area contributed by atoms with Crippen molar-refractivity contribution in [3.63, 3.8) is 0 Å². The zero-order valence-electron chi connectivity index (χ0n) is 14.0. The van der Waals surface area contributed by atoms with Gasteiger partial charge < -0.3 is 10.3 Å². The average Bonchev–Trinajstić information content (AvgIpc) is 3.28. The van der Waals surface area contributed by atoms with Crippen molar-refractivity contribution in [1.29, 1.82) is 0 Å². The quantitative estimate of drug-likeness (QED) is 0.710. The average molecular weight is 355 g/mol. The zero-order chi connectivity index (χ0) is 17.1. The summed E-state index contributed by atoms with van der Waals surface area (Å²) in [4.78, 5) is 10.4. The van der Waals surface area contributed by atoms with Crippen LogP contribution in [0.1, 0.15) is 11.5 Å². The third-order valence-electron chi connectivity index (χ3n) is 4.39. The van der Waals surface area contributed by atoms with Gasteiger partial charge in [-0.2, -0.15) is 4.98 Å². The molecule has 1 saturated heterocycles. The first kappa shape index (κ1) is 16.3. The molecule has 0 spiro atoms. The van der Waals surface area contributed by atoms with E-state index in [4.69, 9.17) is 10.3 Å². The lowest BCUT2D eigenvalue weighted by Gasteiger charge is -2.33. The summed E-state index contributed by atoms with van der Waals surface area (Å²) in [7, 11) is 0. The molecule has 0 amide bonds. The minimum atomic E-state index is 0.685. The molecule has 0 aliphatic carbocycles. The smallest absolute Gasteiger partial charge is 0.241 e. The van der Waals surface area contributed by atoms with Crippen LogP contribution in [-0.2, 0) is 13.1 Å². The van der Waals surface area contributed by atoms with Crippen LogP contribution in [0.5, 0.6) is 0 Å². The molecule has 2 N–H and O–H groups in total. The third-order valence-corrected chi connectivity index (χ3v) is 5.26. The second kappa shape index (κ2) is 7.35. The fourth-order valence-electron chi connectivity index (χ4n) is 3.07. The van der Waals surface area contributed by atoms with E-state index in [0.29, 0.717) is 18.3 Å². The first-order valence-electron chi connectivity index (χ1n) is 8.42. The molecule has 0 radical (unpaired) electrons. The highest BCUT2D eigenvalue weighted by molar-refractivity contribution is 7.13. The van der Waals surface area contributed by atoms with Crippen molar-refractivity contribution in [1.82, 2.24) is 19.9 Å². The molecule has 1 aliphatic heterocycles. The molecule has 4 rings (SSSR count). The minimum absolute atomic E-state index is 0.685. The Labute approximate surface area is 150 Å². The lowest BCUT2D eigenvalue weighted by molar-refractivity contribution is 0.112. The van der Waals surface area contributed by atoms with Crippen LogP contribution < -0.4 is 5.73 Å². The molecule has 2 aromatic heterocycles. The van der Waals surface area contributed by atoms with Crippen molar-refractivity contribution in [2.24, 2.45) is 0 Å². The Morgan fingerprint density at radius 1 is 1.04 bits per heavy atom. The van der Waals surface area contributed by atoms with Crippen LogP contribution in [0, 0.1) is 0 Å². The van der Waals surface area contributed by atoms with Gasteiger partial charge in [-0.05, 0) is 29.1 Å². The van der Waals surface area contributed by atoms with E-state index in [1.807, 2.05) is 29.6 Å². The van der Waals surface area contributed by atoms with Crippen LogP contribution in [0.15, 0.2) is 46.3 Å². The lowest BCUT2D eigenvalue weighted by atomic mass is 10.2. The fourth-order valence-corrected chi connectivity index (χ4v) is 3.72. The summed E-state index contributed by atoms with van der Waals surface area (Å²) >= 11 is 1.62. The SMILES string of the molecule is Nc1cccc(CN2CCN(Cc3nc(-c4cccs4)no3)CC2)c1. The second-order valence-electron chi connectivity index (χ2n) is 6.29. The number of hydrogen-bond donors (Lipinski definition) is 1. The van der Waals surface area contributed by atoms with Crippen LogP contribution in [0.25, 0.3) is 10.7 Å². The van der Waals surface area contributed by atoms with Crippen molar-refractivity contribution < 1.29 is 4.52 Å². The van der Waals surface area contributed by atoms with E-state index >= 15 is 0 Å². The van der Waals surface area contributed by atoms with Crippen LogP contribution >= 0.6 is 11.3 Å². The number of rotatable bonds is 5. The zero-order valence-corrected chi connectivity index (χ0v) is 14.8. The van der Waals surface area contributed by atoms with Crippen LogP contribution in [0.3, 0.4) is 0 Å². The summed E-state index contributed by atoms with van der Waals surface area (Å²) in [6.07, 6.45) is 0. The molecular weight excluding hydrogens is 334 g/mol. The molecule has 6 nitrogen and oxygen atoms in total. The van der Waals surface area contributed by atoms with Crippen molar-refractivity contribution in [2.75, 3.05) is 31.9 Å². The highest BCUT2D eigenvalue weighted by atomic mass is 32.1. The number of aromatic nitrogens is 2. The molecule has 7 heteroatoms. The number of anilines is 1. The van der Waals surface area contributed by atoms with Gasteiger partial charge >= 0.3 is 0 Å². The standard InChI is InChI=1S/C18H21N5OS/c19-15-4-1-3-14(11-15)12-22-6-8-23(9-7-22)13-17-20-18(21-24-17)16-5-2-10-25-16/h1-5,10-11H,6-9,12-13,19H2. The van der Waals surface area contributed by atoms with Crippen molar-refractivity contribution in [2.45, 2.75) is 13.1 Å². The van der Waals surface area contributed by atoms with Gasteiger partial charge in [0.25, 0.3) is 0 Å². The molecule has 1 aromatic carbocycles. The number of piperazine rings is 1. The Balaban J connectivity index is 1.29. The number of nitrogen functional groups attached to an aromatic ring is 1. The number of nitrogens with zero attached hydrogens (tertiary/aromatic N) is 4. The topological polar surface area (TPSA) is 71.4 Å². The molecule has 1 fully saturated rings. The molecule has 3 heterocycles. The predicted molar refractivity (Wildman–Crippen MR) is 99.0 cm³/mol. The Morgan fingerprint density at radius 2 is 1.84 bits per heavy atom. The lowest BCUT2D eigenvalue weighted by Crippen LogP contribution is -2.45. The normalized spacial score (nSPS) is 16.3. The summed E-state index contributed by atoms with van der Waals surface area (Å²) in [5.74, 6) is 1.37. The number of hydrogen-bond acceptors (Lipinski definition) is 7. The molecule has 0 saturated carbocycles. The fraction of sp³-hybridized carbons (Fsp3) is 0.333. The van der Waals surface area contributed by atoms with Crippen LogP contribution in [0.2, 0.25) is 0 Å². The van der Waals surface area contributed by atoms with Crippen molar-refractivity contribution in [3.8, 4) is 10.7 Å². The largest absolute Gasteiger partial charge is 0.399 e. The van der Waals surface area contributed by atoms with E-state index in [0.717, 1.165) is 43.3 Å². The molecule has 0 unspecified atom stereocenters. The predicted octanol–water partition coefficient (Wildman–Crippen LogP) is 2.70. The van der Waals surface area contributed by atoms with Gasteiger partial charge in [0.1, 0.15) is 0 Å². The first-order chi connectivity index (χ1) is 12.3. The summed E-state index contributed by atoms with van der Waals surface area (Å²) in [6, 6.07) is 12.1. The summed E-state index contributed by atoms with van der Waals surface area (Å²) in [5.41, 5.74) is 7.96. The Kier molecular flexibility index (Phi) is 4.78. The van der Waals surface area contributed by atoms with E-state index in [9.17, 15) is 0 Å². The Bertz CT molecular complexity index is 809. The highest BCUT2D eigenvalue weighted by Crippen LogP contribution is 2.21. The van der Waals surface area contributed by atoms with Gasteiger partial charge in [0, 0.05) is 38.4 Å². The van der Waals surface area contributed by atoms with Gasteiger partial charge in [-0.1, -0.05) is 23.4 Å². The molecular formula is C18H21N5OS. The van der Waals surface area contributed by atoms with Crippen molar-refractivity contribution in [3.05, 3.63) is 53.2 Å². The number of benzene rings is 1. The number of thiophene rings is 1. The molecule has 3 aromatic rings. The Hall–Kier alpha value is -2.22. The summed E-state index contributed by atoms with van der Waals surface area (Å²) < 4.78 is 5.40. The molecule has 0 atom stereocenters. The maximum absolute atomic E-state index is 5.86. The third kappa shape index (κ3) is 4.07. The molecule has 130 valence electrons. The number of nitrogens with two attached hydrogens (primary N) is 1. The monoisotopic (exact) mass is 355 g/mol. The van der Waals surface area contributed by atoms with E-state index in [1.165, 1.54) is 5.56 Å². The van der Waals surface area contributed by atoms with Gasteiger partial charge in [-0.25, -0.2) is 0 Å². The van der Waals surface area contributed by atoms with Gasteiger partial charge in [0.2, 0.25) is 11.7 Å². The first-order valence-corrected chi connectivity index (χ1v) is 9.30. The van der Waals surface area contributed by atoms with Crippen molar-refractivity contribution >= 4 is 17.0 Å². The van der Waals surface area contributed by atoms with Crippen LogP contribution in [0.4, 0.5) is 5.69 Å². The van der Waals surface area contributed by atoms with Gasteiger partial charge in [-0.3, -0.25) is 9.80 Å². The second-order valence-corrected chi connectivity index (χ2v) is 7.23. The maximum atomic E-state index is 5.86. The van der Waals surface area contributed by atoms with E-state index in [1.54, 1.807) is 11.3 Å². The molecule has 0 bridgehead atoms. The van der Waals surface area contributed by atoms with Gasteiger partial charge in [0.15, 0.2) is 0 Å². The van der Waals surface area contributed by atoms with E-state index in [-0.39, 0.29) is 0 Å². The molecule has 1 aliphatic rings. The summed E-state index contributed by atoms with van der Waals surface area (Å²) in [5, 5.41) is 6.10. The maximum Gasteiger partial charge on any atom is 0.241 e. The molecule has 25 heavy (non-hydrogen) atoms. The summed E-state index contributed by atoms with van der Waals surface area (Å²) in [6.45, 7) is 5.71. The van der Waals surface area contributed by atoms with Gasteiger partial charge in [-0.15, -0.1) is 11.3 Å². The highest BCUT2D eigenvalue weighted by Gasteiger charge is 2.19. The minimum Gasteiger partial charge on any atom is -0.399 e. The van der Waals surface area contributed by atoms with Crippen LogP contribution in [-0.4, -0.2) is 46.1 Å². The Morgan fingerprint density at radius 3 is 2.56 bits per heavy atom. The van der Waals surface area contributed by atoms with E-state index < -0.39 is 0 Å². The van der Waals surface area contributed by atoms with E-state index in [2.05, 4.69) is 32.1 Å². The van der Waals surface area contributed by atoms with Gasteiger partial charge in [0.05, 0.1) is 11.4 Å².